The van der Waals surface area contributed by atoms with Gasteiger partial charge in [0.15, 0.2) is 0 Å². The minimum Gasteiger partial charge on any atom is -0.388 e. The molecule has 0 saturated heterocycles. The van der Waals surface area contributed by atoms with Gasteiger partial charge in [-0.1, -0.05) is 58.4 Å². The smallest absolute Gasteiger partial charge is 0.0774 e. The molecule has 0 aromatic heterocycles. The van der Waals surface area contributed by atoms with Crippen LogP contribution in [0.1, 0.15) is 76.0 Å². The van der Waals surface area contributed by atoms with Gasteiger partial charge in [-0.25, -0.2) is 0 Å². The largest absolute Gasteiger partial charge is 0.388 e. The highest BCUT2D eigenvalue weighted by atomic mass is 16.3. The molecular formula is C22H32O. The zero-order valence-corrected chi connectivity index (χ0v) is 15.2. The van der Waals surface area contributed by atoms with Crippen molar-refractivity contribution < 1.29 is 5.11 Å². The summed E-state index contributed by atoms with van der Waals surface area (Å²) in [5.41, 5.74) is 4.70. The van der Waals surface area contributed by atoms with Crippen LogP contribution in [-0.4, -0.2) is 11.2 Å². The fourth-order valence-electron chi connectivity index (χ4n) is 5.54. The van der Waals surface area contributed by atoms with Gasteiger partial charge in [0.25, 0.3) is 0 Å². The Morgan fingerprint density at radius 1 is 1.26 bits per heavy atom. The number of hydrogen-bond acceptors (Lipinski definition) is 1. The third kappa shape index (κ3) is 2.48. The Morgan fingerprint density at radius 3 is 2.65 bits per heavy atom. The van der Waals surface area contributed by atoms with Crippen LogP contribution < -0.4 is 0 Å². The van der Waals surface area contributed by atoms with Gasteiger partial charge in [0.05, 0.1) is 6.10 Å². The van der Waals surface area contributed by atoms with E-state index in [-0.39, 0.29) is 10.8 Å². The van der Waals surface area contributed by atoms with Crippen molar-refractivity contribution in [2.75, 3.05) is 0 Å². The zero-order chi connectivity index (χ0) is 16.8. The molecule has 1 fully saturated rings. The number of rotatable bonds is 3. The van der Waals surface area contributed by atoms with Crippen LogP contribution in [-0.2, 0) is 11.8 Å². The van der Waals surface area contributed by atoms with Gasteiger partial charge in [0.2, 0.25) is 0 Å². The Morgan fingerprint density at radius 2 is 2.00 bits per heavy atom. The van der Waals surface area contributed by atoms with Gasteiger partial charge in [0.1, 0.15) is 0 Å². The molecule has 1 nitrogen and oxygen atoms in total. The second kappa shape index (κ2) is 5.77. The summed E-state index contributed by atoms with van der Waals surface area (Å²) in [4.78, 5) is 0. The molecule has 0 radical (unpaired) electrons. The molecule has 0 bridgehead atoms. The monoisotopic (exact) mass is 312 g/mol. The number of aliphatic hydroxyl groups excluding tert-OH is 1. The summed E-state index contributed by atoms with van der Waals surface area (Å²) >= 11 is 0. The van der Waals surface area contributed by atoms with Crippen LogP contribution in [0.15, 0.2) is 30.9 Å². The van der Waals surface area contributed by atoms with Crippen molar-refractivity contribution in [3.63, 3.8) is 0 Å². The molecule has 2 aliphatic carbocycles. The molecule has 3 rings (SSSR count). The molecule has 1 N–H and O–H groups in total. The lowest BCUT2D eigenvalue weighted by molar-refractivity contribution is -0.0512. The van der Waals surface area contributed by atoms with Gasteiger partial charge in [-0.3, -0.25) is 0 Å². The number of benzene rings is 1. The summed E-state index contributed by atoms with van der Waals surface area (Å²) in [6.45, 7) is 13.1. The SMILES string of the molecule is C=CC(O)[C@]1(C)CCC[C@]2(C)c3ccc(C(C)C)cc3CC[C@@H]12. The Labute approximate surface area is 141 Å². The van der Waals surface area contributed by atoms with Gasteiger partial charge in [-0.2, -0.15) is 0 Å². The maximum atomic E-state index is 10.6. The third-order valence-electron chi connectivity index (χ3n) is 6.99. The second-order valence-electron chi connectivity index (χ2n) is 8.62. The minimum absolute atomic E-state index is 0.0385. The summed E-state index contributed by atoms with van der Waals surface area (Å²) in [7, 11) is 0. The van der Waals surface area contributed by atoms with Crippen molar-refractivity contribution in [1.29, 1.82) is 0 Å². The lowest BCUT2D eigenvalue weighted by Gasteiger charge is -2.56. The first kappa shape index (κ1) is 16.8. The van der Waals surface area contributed by atoms with Gasteiger partial charge in [-0.05, 0) is 59.6 Å². The zero-order valence-electron chi connectivity index (χ0n) is 15.2. The normalized spacial score (nSPS) is 34.6. The van der Waals surface area contributed by atoms with E-state index in [0.717, 1.165) is 12.8 Å². The standard InChI is InChI=1S/C22H32O/c1-6-20(23)22(5)13-7-12-21(4)18-10-8-16(15(2)3)14-17(18)9-11-19(21)22/h6,8,10,14-15,19-20,23H,1,7,9,11-13H2,2-5H3/t19-,20?,21-,22-/m1/s1. The number of aliphatic hydroxyl groups is 1. The van der Waals surface area contributed by atoms with Crippen LogP contribution in [0.4, 0.5) is 0 Å². The molecule has 2 aliphatic rings. The Hall–Kier alpha value is -1.08. The van der Waals surface area contributed by atoms with Crippen molar-refractivity contribution in [3.05, 3.63) is 47.5 Å². The van der Waals surface area contributed by atoms with E-state index in [1.807, 2.05) is 0 Å². The predicted molar refractivity (Wildman–Crippen MR) is 97.9 cm³/mol. The van der Waals surface area contributed by atoms with Crippen molar-refractivity contribution in [3.8, 4) is 0 Å². The van der Waals surface area contributed by atoms with Crippen molar-refractivity contribution in [1.82, 2.24) is 0 Å². The van der Waals surface area contributed by atoms with E-state index in [1.54, 1.807) is 17.2 Å². The Balaban J connectivity index is 2.05. The molecule has 1 aromatic carbocycles. The first-order valence-corrected chi connectivity index (χ1v) is 9.27. The fourth-order valence-corrected chi connectivity index (χ4v) is 5.54. The highest BCUT2D eigenvalue weighted by molar-refractivity contribution is 5.42. The first-order valence-electron chi connectivity index (χ1n) is 9.27. The molecule has 4 atom stereocenters. The fraction of sp³-hybridized carbons (Fsp3) is 0.636. The third-order valence-corrected chi connectivity index (χ3v) is 6.99. The van der Waals surface area contributed by atoms with Crippen LogP contribution in [0.3, 0.4) is 0 Å². The Bertz CT molecular complexity index is 602. The van der Waals surface area contributed by atoms with Gasteiger partial charge >= 0.3 is 0 Å². The average Bonchev–Trinajstić information content (AvgIpc) is 2.53. The molecule has 126 valence electrons. The van der Waals surface area contributed by atoms with Crippen LogP contribution in [0.5, 0.6) is 0 Å². The lowest BCUT2D eigenvalue weighted by atomic mass is 9.48. The highest BCUT2D eigenvalue weighted by Gasteiger charge is 2.53. The van der Waals surface area contributed by atoms with Crippen molar-refractivity contribution in [2.45, 2.75) is 77.2 Å². The summed E-state index contributed by atoms with van der Waals surface area (Å²) in [5.74, 6) is 1.12. The van der Waals surface area contributed by atoms with E-state index in [1.165, 1.54) is 24.8 Å². The molecule has 1 aromatic rings. The molecule has 1 saturated carbocycles. The van der Waals surface area contributed by atoms with E-state index < -0.39 is 6.10 Å². The van der Waals surface area contributed by atoms with Crippen molar-refractivity contribution in [2.24, 2.45) is 11.3 Å². The topological polar surface area (TPSA) is 20.2 Å². The lowest BCUT2D eigenvalue weighted by Crippen LogP contribution is -2.53. The number of fused-ring (bicyclic) bond motifs is 3. The van der Waals surface area contributed by atoms with Crippen molar-refractivity contribution >= 4 is 0 Å². The summed E-state index contributed by atoms with van der Waals surface area (Å²) < 4.78 is 0. The average molecular weight is 312 g/mol. The summed E-state index contributed by atoms with van der Waals surface area (Å²) in [6, 6.07) is 7.16. The minimum atomic E-state index is -0.399. The molecular weight excluding hydrogens is 280 g/mol. The number of hydrogen-bond donors (Lipinski definition) is 1. The second-order valence-corrected chi connectivity index (χ2v) is 8.62. The van der Waals surface area contributed by atoms with E-state index in [2.05, 4.69) is 52.5 Å². The molecule has 1 heteroatoms. The molecule has 23 heavy (non-hydrogen) atoms. The van der Waals surface area contributed by atoms with Gasteiger partial charge < -0.3 is 5.11 Å². The summed E-state index contributed by atoms with van der Waals surface area (Å²) in [5, 5.41) is 10.6. The number of aryl methyl sites for hydroxylation is 1. The quantitative estimate of drug-likeness (QED) is 0.744. The molecule has 0 spiro atoms. The summed E-state index contributed by atoms with van der Waals surface area (Å²) in [6.07, 6.45) is 7.24. The molecule has 1 unspecified atom stereocenters. The van der Waals surface area contributed by atoms with E-state index in [0.29, 0.717) is 11.8 Å². The highest BCUT2D eigenvalue weighted by Crippen LogP contribution is 2.58. The molecule has 0 aliphatic heterocycles. The Kier molecular flexibility index (Phi) is 4.21. The van der Waals surface area contributed by atoms with Crippen LogP contribution in [0.25, 0.3) is 0 Å². The maximum absolute atomic E-state index is 10.6. The predicted octanol–water partition coefficient (Wildman–Crippen LogP) is 5.37. The van der Waals surface area contributed by atoms with E-state index in [9.17, 15) is 5.11 Å². The van der Waals surface area contributed by atoms with Gasteiger partial charge in [-0.15, -0.1) is 6.58 Å². The van der Waals surface area contributed by atoms with Crippen LogP contribution in [0, 0.1) is 11.3 Å². The van der Waals surface area contributed by atoms with Crippen LogP contribution >= 0.6 is 0 Å². The molecule has 0 amide bonds. The maximum Gasteiger partial charge on any atom is 0.0774 e. The first-order chi connectivity index (χ1) is 10.8. The van der Waals surface area contributed by atoms with Crippen LogP contribution in [0.2, 0.25) is 0 Å². The van der Waals surface area contributed by atoms with Gasteiger partial charge in [0, 0.05) is 5.41 Å². The molecule has 0 heterocycles. The van der Waals surface area contributed by atoms with E-state index in [4.69, 9.17) is 0 Å². The van der Waals surface area contributed by atoms with E-state index >= 15 is 0 Å².